The van der Waals surface area contributed by atoms with Crippen molar-refractivity contribution in [2.24, 2.45) is 16.2 Å². The first-order chi connectivity index (χ1) is 9.21. The fraction of sp³-hybridized carbons (Fsp3) is 1.00. The van der Waals surface area contributed by atoms with Crippen LogP contribution in [0.4, 0.5) is 0 Å². The van der Waals surface area contributed by atoms with E-state index < -0.39 is 0 Å². The van der Waals surface area contributed by atoms with Crippen LogP contribution in [0.5, 0.6) is 0 Å². The summed E-state index contributed by atoms with van der Waals surface area (Å²) < 4.78 is 0. The normalized spacial score (nSPS) is 23.7. The molecule has 0 spiro atoms. The molecule has 0 saturated heterocycles. The SMILES string of the molecule is CC(C)(C)C1(C(C)(C)C)CCCCCCCCCCC1. The second-order valence-electron chi connectivity index (χ2n) is 9.26. The Hall–Kier alpha value is 0. The van der Waals surface area contributed by atoms with Crippen LogP contribution in [0.1, 0.15) is 112 Å². The first-order valence-electron chi connectivity index (χ1n) is 9.21. The molecule has 0 bridgehead atoms. The van der Waals surface area contributed by atoms with Gasteiger partial charge >= 0.3 is 0 Å². The molecule has 0 nitrogen and oxygen atoms in total. The second kappa shape index (κ2) is 7.32. The molecule has 0 radical (unpaired) electrons. The highest BCUT2D eigenvalue weighted by Gasteiger charge is 2.48. The lowest BCUT2D eigenvalue weighted by atomic mass is 9.50. The van der Waals surface area contributed by atoms with Gasteiger partial charge in [-0.25, -0.2) is 0 Å². The summed E-state index contributed by atoms with van der Waals surface area (Å²) in [5.74, 6) is 0. The molecule has 0 aromatic carbocycles. The maximum atomic E-state index is 2.49. The fourth-order valence-electron chi connectivity index (χ4n) is 4.84. The van der Waals surface area contributed by atoms with E-state index in [9.17, 15) is 0 Å². The molecule has 0 heterocycles. The van der Waals surface area contributed by atoms with Gasteiger partial charge in [-0.3, -0.25) is 0 Å². The lowest BCUT2D eigenvalue weighted by Crippen LogP contribution is -2.46. The zero-order chi connectivity index (χ0) is 15.3. The van der Waals surface area contributed by atoms with Crippen LogP contribution in [0.2, 0.25) is 0 Å². The van der Waals surface area contributed by atoms with Crippen molar-refractivity contribution in [3.8, 4) is 0 Å². The van der Waals surface area contributed by atoms with Gasteiger partial charge in [-0.1, -0.05) is 99.3 Å². The Morgan fingerprint density at radius 1 is 0.450 bits per heavy atom. The predicted molar refractivity (Wildman–Crippen MR) is 92.1 cm³/mol. The third-order valence-electron chi connectivity index (χ3n) is 6.08. The summed E-state index contributed by atoms with van der Waals surface area (Å²) >= 11 is 0. The highest BCUT2D eigenvalue weighted by atomic mass is 14.5. The van der Waals surface area contributed by atoms with Gasteiger partial charge in [0.05, 0.1) is 0 Å². The van der Waals surface area contributed by atoms with Crippen molar-refractivity contribution in [2.45, 2.75) is 112 Å². The molecule has 0 unspecified atom stereocenters. The Labute approximate surface area is 129 Å². The van der Waals surface area contributed by atoms with Gasteiger partial charge in [-0.15, -0.1) is 0 Å². The zero-order valence-corrected chi connectivity index (χ0v) is 15.3. The maximum Gasteiger partial charge on any atom is -0.0200 e. The summed E-state index contributed by atoms with van der Waals surface area (Å²) in [5.41, 5.74) is 1.32. The molecule has 1 aliphatic rings. The Kier molecular flexibility index (Phi) is 6.61. The van der Waals surface area contributed by atoms with Crippen LogP contribution in [0.15, 0.2) is 0 Å². The van der Waals surface area contributed by atoms with Crippen molar-refractivity contribution in [2.75, 3.05) is 0 Å². The third-order valence-corrected chi connectivity index (χ3v) is 6.08. The summed E-state index contributed by atoms with van der Waals surface area (Å²) in [6.07, 6.45) is 16.0. The van der Waals surface area contributed by atoms with Gasteiger partial charge in [0.25, 0.3) is 0 Å². The monoisotopic (exact) mass is 280 g/mol. The standard InChI is InChI=1S/C20H40/c1-18(2,3)20(19(4,5)6)16-14-12-10-8-7-9-11-13-15-17-20/h7-17H2,1-6H3. The molecule has 120 valence electrons. The molecule has 0 amide bonds. The number of rotatable bonds is 0. The molecule has 0 aromatic heterocycles. The average molecular weight is 281 g/mol. The Morgan fingerprint density at radius 2 is 0.700 bits per heavy atom. The molecule has 1 saturated carbocycles. The van der Waals surface area contributed by atoms with Gasteiger partial charge in [-0.2, -0.15) is 0 Å². The molecule has 1 aliphatic carbocycles. The van der Waals surface area contributed by atoms with E-state index in [1.54, 1.807) is 0 Å². The topological polar surface area (TPSA) is 0 Å². The van der Waals surface area contributed by atoms with E-state index >= 15 is 0 Å². The summed E-state index contributed by atoms with van der Waals surface area (Å²) in [4.78, 5) is 0. The first kappa shape index (κ1) is 18.1. The van der Waals surface area contributed by atoms with Crippen molar-refractivity contribution in [1.29, 1.82) is 0 Å². The van der Waals surface area contributed by atoms with Crippen LogP contribution in [0, 0.1) is 16.2 Å². The minimum Gasteiger partial charge on any atom is -0.0596 e. The molecule has 1 fully saturated rings. The lowest BCUT2D eigenvalue weighted by molar-refractivity contribution is -0.0523. The van der Waals surface area contributed by atoms with Crippen LogP contribution < -0.4 is 0 Å². The van der Waals surface area contributed by atoms with Crippen LogP contribution in [0.25, 0.3) is 0 Å². The zero-order valence-electron chi connectivity index (χ0n) is 15.3. The van der Waals surface area contributed by atoms with Gasteiger partial charge in [0.1, 0.15) is 0 Å². The average Bonchev–Trinajstić information content (AvgIpc) is 2.26. The Bertz CT molecular complexity index is 233. The fourth-order valence-corrected chi connectivity index (χ4v) is 4.84. The minimum absolute atomic E-state index is 0.412. The Morgan fingerprint density at radius 3 is 0.950 bits per heavy atom. The summed E-state index contributed by atoms with van der Waals surface area (Å²) in [6.45, 7) is 14.9. The largest absolute Gasteiger partial charge is 0.0596 e. The molecule has 0 aromatic rings. The van der Waals surface area contributed by atoms with E-state index in [4.69, 9.17) is 0 Å². The summed E-state index contributed by atoms with van der Waals surface area (Å²) in [7, 11) is 0. The highest BCUT2D eigenvalue weighted by molar-refractivity contribution is 4.98. The number of hydrogen-bond acceptors (Lipinski definition) is 0. The van der Waals surface area contributed by atoms with Crippen LogP contribution >= 0.6 is 0 Å². The molecule has 0 N–H and O–H groups in total. The van der Waals surface area contributed by atoms with E-state index in [0.29, 0.717) is 16.2 Å². The summed E-state index contributed by atoms with van der Waals surface area (Å²) in [6, 6.07) is 0. The van der Waals surface area contributed by atoms with Crippen molar-refractivity contribution in [1.82, 2.24) is 0 Å². The van der Waals surface area contributed by atoms with E-state index in [1.165, 1.54) is 70.6 Å². The number of hydrogen-bond donors (Lipinski definition) is 0. The van der Waals surface area contributed by atoms with Crippen LogP contribution in [-0.2, 0) is 0 Å². The van der Waals surface area contributed by atoms with E-state index in [-0.39, 0.29) is 0 Å². The highest BCUT2D eigenvalue weighted by Crippen LogP contribution is 2.57. The minimum atomic E-state index is 0.412. The van der Waals surface area contributed by atoms with Crippen molar-refractivity contribution < 1.29 is 0 Å². The third kappa shape index (κ3) is 4.50. The van der Waals surface area contributed by atoms with E-state index in [0.717, 1.165) is 0 Å². The molecule has 20 heavy (non-hydrogen) atoms. The Balaban J connectivity index is 2.89. The summed E-state index contributed by atoms with van der Waals surface area (Å²) in [5, 5.41) is 0. The quantitative estimate of drug-likeness (QED) is 0.434. The maximum absolute atomic E-state index is 2.49. The molecule has 0 aliphatic heterocycles. The van der Waals surface area contributed by atoms with Crippen molar-refractivity contribution in [3.63, 3.8) is 0 Å². The second-order valence-corrected chi connectivity index (χ2v) is 9.26. The van der Waals surface area contributed by atoms with Gasteiger partial charge in [0.15, 0.2) is 0 Å². The first-order valence-corrected chi connectivity index (χ1v) is 9.21. The van der Waals surface area contributed by atoms with Gasteiger partial charge in [0.2, 0.25) is 0 Å². The smallest absolute Gasteiger partial charge is 0.0200 e. The lowest BCUT2D eigenvalue weighted by Gasteiger charge is -2.55. The van der Waals surface area contributed by atoms with Gasteiger partial charge < -0.3 is 0 Å². The van der Waals surface area contributed by atoms with Crippen molar-refractivity contribution >= 4 is 0 Å². The van der Waals surface area contributed by atoms with Crippen LogP contribution in [-0.4, -0.2) is 0 Å². The molecule has 0 atom stereocenters. The molecule has 1 rings (SSSR count). The molecular weight excluding hydrogens is 240 g/mol. The van der Waals surface area contributed by atoms with E-state index in [2.05, 4.69) is 41.5 Å². The van der Waals surface area contributed by atoms with Crippen LogP contribution in [0.3, 0.4) is 0 Å². The van der Waals surface area contributed by atoms with Gasteiger partial charge in [0, 0.05) is 0 Å². The predicted octanol–water partition coefficient (Wildman–Crippen LogP) is 7.37. The van der Waals surface area contributed by atoms with Crippen molar-refractivity contribution in [3.05, 3.63) is 0 Å². The molecule has 0 heteroatoms. The van der Waals surface area contributed by atoms with Gasteiger partial charge in [-0.05, 0) is 29.1 Å². The van der Waals surface area contributed by atoms with E-state index in [1.807, 2.05) is 0 Å². The molecular formula is C20H40.